The maximum Gasteiger partial charge on any atom is 0.490 e. The maximum atomic E-state index is 13.8. The predicted molar refractivity (Wildman–Crippen MR) is 155 cm³/mol. The van der Waals surface area contributed by atoms with Crippen LogP contribution in [-0.2, 0) is 19.6 Å². The molecule has 9 nitrogen and oxygen atoms in total. The fourth-order valence-corrected chi connectivity index (χ4v) is 6.89. The van der Waals surface area contributed by atoms with E-state index in [1.165, 1.54) is 16.6 Å². The van der Waals surface area contributed by atoms with Crippen molar-refractivity contribution in [2.24, 2.45) is 5.92 Å². The summed E-state index contributed by atoms with van der Waals surface area (Å²) >= 11 is 12.5. The minimum absolute atomic E-state index is 0.0235. The molecule has 43 heavy (non-hydrogen) atoms. The second-order valence-corrected chi connectivity index (χ2v) is 12.6. The van der Waals surface area contributed by atoms with Crippen molar-refractivity contribution in [2.45, 2.75) is 17.0 Å². The third-order valence-corrected chi connectivity index (χ3v) is 9.56. The van der Waals surface area contributed by atoms with Gasteiger partial charge in [0.1, 0.15) is 4.90 Å². The van der Waals surface area contributed by atoms with E-state index in [4.69, 9.17) is 33.1 Å². The number of alkyl halides is 3. The van der Waals surface area contributed by atoms with Gasteiger partial charge in [0.25, 0.3) is 0 Å². The summed E-state index contributed by atoms with van der Waals surface area (Å²) in [7, 11) is -3.77. The van der Waals surface area contributed by atoms with E-state index in [1.54, 1.807) is 24.4 Å². The molecule has 0 saturated carbocycles. The highest BCUT2D eigenvalue weighted by Crippen LogP contribution is 2.37. The van der Waals surface area contributed by atoms with Crippen molar-refractivity contribution < 1.29 is 36.3 Å². The summed E-state index contributed by atoms with van der Waals surface area (Å²) in [5.41, 5.74) is 1.82. The third kappa shape index (κ3) is 7.77. The van der Waals surface area contributed by atoms with Gasteiger partial charge in [-0.3, -0.25) is 9.78 Å². The standard InChI is InChI=1S/C26H26Cl2N4O3S.C2HF3O2/c27-20-8-9-24(28)25(15-20)30-11-13-31(14-12-30)26(33)23-18-32(17-22(23)19-5-2-1-3-6-19)36(34,35)21-7-4-10-29-16-21;3-2(4,5)1(6)7/h1-10,15-16,22-23H,11-14,17-18H2;(H,6,7)/t22-,23+;/m0./s1. The van der Waals surface area contributed by atoms with Crippen molar-refractivity contribution >= 4 is 50.8 Å². The van der Waals surface area contributed by atoms with Gasteiger partial charge in [-0.1, -0.05) is 53.5 Å². The van der Waals surface area contributed by atoms with Crippen LogP contribution >= 0.6 is 23.2 Å². The van der Waals surface area contributed by atoms with Gasteiger partial charge in [0, 0.05) is 62.6 Å². The van der Waals surface area contributed by atoms with Crippen LogP contribution in [0, 0.1) is 5.92 Å². The van der Waals surface area contributed by atoms with Gasteiger partial charge in [0.05, 0.1) is 16.6 Å². The number of sulfonamides is 1. The highest BCUT2D eigenvalue weighted by Gasteiger charge is 2.45. The molecule has 3 heterocycles. The number of piperazine rings is 1. The second kappa shape index (κ2) is 13.5. The molecule has 1 aromatic heterocycles. The zero-order valence-electron chi connectivity index (χ0n) is 22.5. The smallest absolute Gasteiger partial charge is 0.475 e. The molecule has 0 bridgehead atoms. The number of aliphatic carboxylic acids is 1. The van der Waals surface area contributed by atoms with Crippen molar-refractivity contribution in [3.8, 4) is 0 Å². The van der Waals surface area contributed by atoms with Crippen LogP contribution in [0.3, 0.4) is 0 Å². The number of carboxylic acid groups (broad SMARTS) is 1. The lowest BCUT2D eigenvalue weighted by Crippen LogP contribution is -2.51. The van der Waals surface area contributed by atoms with E-state index < -0.39 is 28.1 Å². The fourth-order valence-electron chi connectivity index (χ4n) is 5.03. The van der Waals surface area contributed by atoms with E-state index in [1.807, 2.05) is 41.3 Å². The first kappa shape index (κ1) is 32.5. The lowest BCUT2D eigenvalue weighted by molar-refractivity contribution is -0.192. The normalized spacial score (nSPS) is 19.5. The summed E-state index contributed by atoms with van der Waals surface area (Å²) in [6.07, 6.45) is -2.19. The van der Waals surface area contributed by atoms with Gasteiger partial charge in [-0.2, -0.15) is 17.5 Å². The number of hydrogen-bond donors (Lipinski definition) is 1. The number of hydrogen-bond acceptors (Lipinski definition) is 6. The molecule has 2 fully saturated rings. The van der Waals surface area contributed by atoms with E-state index in [0.717, 1.165) is 11.3 Å². The van der Waals surface area contributed by atoms with Gasteiger partial charge in [-0.25, -0.2) is 13.2 Å². The van der Waals surface area contributed by atoms with Crippen LogP contribution in [-0.4, -0.2) is 85.0 Å². The Balaban J connectivity index is 0.000000541. The molecule has 2 aliphatic rings. The second-order valence-electron chi connectivity index (χ2n) is 9.85. The van der Waals surface area contributed by atoms with Crippen molar-refractivity contribution in [1.82, 2.24) is 14.2 Å². The van der Waals surface area contributed by atoms with Gasteiger partial charge in [0.15, 0.2) is 0 Å². The monoisotopic (exact) mass is 658 g/mol. The van der Waals surface area contributed by atoms with Crippen LogP contribution in [0.2, 0.25) is 10.0 Å². The molecule has 0 aliphatic carbocycles. The zero-order chi connectivity index (χ0) is 31.4. The summed E-state index contributed by atoms with van der Waals surface area (Å²) < 4.78 is 59.9. The molecule has 0 spiro atoms. The average Bonchev–Trinajstić information content (AvgIpc) is 3.45. The van der Waals surface area contributed by atoms with E-state index in [-0.39, 0.29) is 29.8 Å². The fraction of sp³-hybridized carbons (Fsp3) is 0.321. The Morgan fingerprint density at radius 2 is 1.58 bits per heavy atom. The molecule has 1 amide bonds. The Bertz CT molecular complexity index is 1540. The quantitative estimate of drug-likeness (QED) is 0.420. The number of halogens is 5. The molecule has 2 aromatic carbocycles. The van der Waals surface area contributed by atoms with Crippen molar-refractivity contribution in [3.63, 3.8) is 0 Å². The first-order valence-electron chi connectivity index (χ1n) is 13.0. The first-order valence-corrected chi connectivity index (χ1v) is 15.2. The molecule has 3 aromatic rings. The van der Waals surface area contributed by atoms with Gasteiger partial charge in [-0.05, 0) is 35.9 Å². The van der Waals surface area contributed by atoms with E-state index in [0.29, 0.717) is 36.2 Å². The molecule has 2 saturated heterocycles. The topological polar surface area (TPSA) is 111 Å². The van der Waals surface area contributed by atoms with Crippen LogP contribution in [0.5, 0.6) is 0 Å². The Labute approximate surface area is 256 Å². The molecular formula is C28H27Cl2F3N4O5S. The Hall–Kier alpha value is -3.39. The largest absolute Gasteiger partial charge is 0.490 e. The van der Waals surface area contributed by atoms with Crippen LogP contribution in [0.1, 0.15) is 11.5 Å². The number of carbonyl (C=O) groups is 2. The number of carboxylic acids is 1. The Kier molecular flexibility index (Phi) is 10.2. The van der Waals surface area contributed by atoms with Crippen LogP contribution in [0.25, 0.3) is 0 Å². The van der Waals surface area contributed by atoms with Crippen LogP contribution in [0.15, 0.2) is 78.0 Å². The number of pyridine rings is 1. The number of anilines is 1. The van der Waals surface area contributed by atoms with Gasteiger partial charge in [-0.15, -0.1) is 0 Å². The molecule has 0 unspecified atom stereocenters. The number of amides is 1. The third-order valence-electron chi connectivity index (χ3n) is 7.19. The molecule has 5 rings (SSSR count). The van der Waals surface area contributed by atoms with E-state index in [9.17, 15) is 26.4 Å². The summed E-state index contributed by atoms with van der Waals surface area (Å²) in [6, 6.07) is 18.2. The molecule has 1 N–H and O–H groups in total. The molecule has 15 heteroatoms. The first-order chi connectivity index (χ1) is 20.3. The summed E-state index contributed by atoms with van der Waals surface area (Å²) in [5, 5.41) is 8.36. The van der Waals surface area contributed by atoms with Crippen molar-refractivity contribution in [3.05, 3.63) is 88.7 Å². The maximum absolute atomic E-state index is 13.8. The summed E-state index contributed by atoms with van der Waals surface area (Å²) in [5.74, 6) is -3.48. The van der Waals surface area contributed by atoms with Gasteiger partial charge >= 0.3 is 12.1 Å². The van der Waals surface area contributed by atoms with Crippen molar-refractivity contribution in [1.29, 1.82) is 0 Å². The highest BCUT2D eigenvalue weighted by atomic mass is 35.5. The van der Waals surface area contributed by atoms with Crippen LogP contribution in [0.4, 0.5) is 18.9 Å². The van der Waals surface area contributed by atoms with Crippen LogP contribution < -0.4 is 4.90 Å². The van der Waals surface area contributed by atoms with Gasteiger partial charge < -0.3 is 14.9 Å². The molecule has 2 atom stereocenters. The predicted octanol–water partition coefficient (Wildman–Crippen LogP) is 4.77. The molecule has 2 aliphatic heterocycles. The lowest BCUT2D eigenvalue weighted by Gasteiger charge is -2.38. The number of aromatic nitrogens is 1. The number of nitrogens with zero attached hydrogens (tertiary/aromatic N) is 4. The van der Waals surface area contributed by atoms with E-state index >= 15 is 0 Å². The zero-order valence-corrected chi connectivity index (χ0v) is 24.8. The number of rotatable bonds is 5. The number of benzene rings is 2. The average molecular weight is 660 g/mol. The minimum atomic E-state index is -5.08. The van der Waals surface area contributed by atoms with E-state index in [2.05, 4.69) is 9.88 Å². The minimum Gasteiger partial charge on any atom is -0.475 e. The lowest BCUT2D eigenvalue weighted by atomic mass is 9.88. The Morgan fingerprint density at radius 1 is 0.930 bits per heavy atom. The molecular weight excluding hydrogens is 632 g/mol. The number of carbonyl (C=O) groups excluding carboxylic acids is 1. The summed E-state index contributed by atoms with van der Waals surface area (Å²) in [6.45, 7) is 2.66. The summed E-state index contributed by atoms with van der Waals surface area (Å²) in [4.78, 5) is 30.8. The van der Waals surface area contributed by atoms with Crippen molar-refractivity contribution in [2.75, 3.05) is 44.2 Å². The molecule has 230 valence electrons. The highest BCUT2D eigenvalue weighted by molar-refractivity contribution is 7.89. The van der Waals surface area contributed by atoms with Gasteiger partial charge in [0.2, 0.25) is 15.9 Å². The Morgan fingerprint density at radius 3 is 2.16 bits per heavy atom. The SMILES string of the molecule is O=C(O)C(F)(F)F.O=C([C@@H]1CN(S(=O)(=O)c2cccnc2)C[C@H]1c1ccccc1)N1CCN(c2cc(Cl)ccc2Cl)CC1. The molecule has 0 radical (unpaired) electrons.